The van der Waals surface area contributed by atoms with Crippen molar-refractivity contribution >= 4 is 11.9 Å². The largest absolute Gasteiger partial charge is 0.426 e. The molecule has 9 nitrogen and oxygen atoms in total. The molecule has 0 spiro atoms. The summed E-state index contributed by atoms with van der Waals surface area (Å²) in [7, 11) is 0. The lowest BCUT2D eigenvalue weighted by atomic mass is 9.75. The monoisotopic (exact) mass is 1070 g/mol. The normalized spacial score (nSPS) is 27.7. The van der Waals surface area contributed by atoms with Crippen molar-refractivity contribution in [1.29, 1.82) is 0 Å². The summed E-state index contributed by atoms with van der Waals surface area (Å²) in [5.74, 6) is 17.9. The number of rotatable bonds is 26. The molecule has 0 N–H and O–H groups in total. The van der Waals surface area contributed by atoms with Crippen LogP contribution in [0.25, 0.3) is 0 Å². The van der Waals surface area contributed by atoms with Gasteiger partial charge in [-0.15, -0.1) is 0 Å². The zero-order valence-electron chi connectivity index (χ0n) is 48.4. The number of carbonyl (C=O) groups is 2. The second kappa shape index (κ2) is 33.9. The highest BCUT2D eigenvalue weighted by atomic mass is 16.7. The van der Waals surface area contributed by atoms with Crippen LogP contribution in [-0.4, -0.2) is 69.6 Å². The molecule has 430 valence electrons. The van der Waals surface area contributed by atoms with Crippen molar-refractivity contribution in [2.75, 3.05) is 33.0 Å². The maximum atomic E-state index is 13.4. The van der Waals surface area contributed by atoms with Crippen LogP contribution in [-0.2, 0) is 33.3 Å². The molecule has 5 saturated carbocycles. The fourth-order valence-electron chi connectivity index (χ4n) is 13.8. The number of hydrogen-bond donors (Lipinski definition) is 0. The van der Waals surface area contributed by atoms with E-state index in [1.165, 1.54) is 116 Å². The van der Waals surface area contributed by atoms with Gasteiger partial charge in [-0.2, -0.15) is 0 Å². The lowest BCUT2D eigenvalue weighted by molar-refractivity contribution is -0.164. The third-order valence-electron chi connectivity index (χ3n) is 18.7. The quantitative estimate of drug-likeness (QED) is 0.0395. The first-order valence-corrected chi connectivity index (χ1v) is 32.1. The molecule has 3 unspecified atom stereocenters. The Hall–Kier alpha value is -3.70. The van der Waals surface area contributed by atoms with Gasteiger partial charge >= 0.3 is 11.9 Å². The highest BCUT2D eigenvalue weighted by Gasteiger charge is 2.31. The van der Waals surface area contributed by atoms with Crippen LogP contribution in [0.15, 0.2) is 48.5 Å². The minimum atomic E-state index is -0.141. The van der Waals surface area contributed by atoms with Gasteiger partial charge in [-0.1, -0.05) is 146 Å². The molecule has 2 aromatic carbocycles. The highest BCUT2D eigenvalue weighted by molar-refractivity contribution is 5.75. The van der Waals surface area contributed by atoms with Gasteiger partial charge in [0.1, 0.15) is 11.5 Å². The van der Waals surface area contributed by atoms with Crippen molar-refractivity contribution < 1.29 is 42.7 Å². The first-order valence-electron chi connectivity index (χ1n) is 32.1. The zero-order chi connectivity index (χ0) is 54.0. The Bertz CT molecular complexity index is 1970. The Morgan fingerprint density at radius 3 is 1.27 bits per heavy atom. The predicted octanol–water partition coefficient (Wildman–Crippen LogP) is 16.2. The molecule has 3 atom stereocenters. The summed E-state index contributed by atoms with van der Waals surface area (Å²) in [5, 5.41) is 0. The van der Waals surface area contributed by atoms with Crippen molar-refractivity contribution in [3.8, 4) is 35.2 Å². The maximum Gasteiger partial charge on any atom is 0.314 e. The van der Waals surface area contributed by atoms with Gasteiger partial charge in [-0.25, -0.2) is 0 Å². The topological polar surface area (TPSA) is 98.8 Å². The van der Waals surface area contributed by atoms with Gasteiger partial charge in [0.05, 0.1) is 36.8 Å². The van der Waals surface area contributed by atoms with Gasteiger partial charge in [-0.05, 0) is 180 Å². The minimum Gasteiger partial charge on any atom is -0.426 e. The zero-order valence-corrected chi connectivity index (χ0v) is 48.4. The van der Waals surface area contributed by atoms with E-state index in [0.717, 1.165) is 133 Å². The van der Waals surface area contributed by atoms with Gasteiger partial charge in [0.15, 0.2) is 6.29 Å². The molecule has 1 heterocycles. The standard InChI is InChI=1S/C69H100O9/c1-3-14-52-21-25-54(26-22-52)50-60(56-29-41-65(42-30-56)77-68(70)58-33-37-63(38-34-58)73-47-12-46-72-62-18-6-5-7-19-62)16-8-9-17-61(51-55-27-23-53(15-4-2)24-28-55)57-31-43-66(44-32-57)78-69(71)59-35-39-64(40-36-59)74-48-13-49-76-67-20-10-11-45-75-67/h29-32,41-44,52-55,58-64,67H,3-7,10-15,18-28,33-40,45-51H2,1-2H3. The second-order valence-electron chi connectivity index (χ2n) is 24.6. The second-order valence-corrected chi connectivity index (χ2v) is 24.6. The van der Waals surface area contributed by atoms with Gasteiger partial charge in [0.2, 0.25) is 0 Å². The molecule has 1 aliphatic heterocycles. The van der Waals surface area contributed by atoms with E-state index < -0.39 is 0 Å². The Labute approximate surface area is 471 Å². The minimum absolute atomic E-state index is 0.0406. The lowest BCUT2D eigenvalue weighted by Crippen LogP contribution is -2.29. The first kappa shape index (κ1) is 60.4. The Morgan fingerprint density at radius 2 is 0.859 bits per heavy atom. The number of carbonyl (C=O) groups excluding carboxylic acids is 2. The maximum absolute atomic E-state index is 13.4. The van der Waals surface area contributed by atoms with Crippen molar-refractivity contribution in [2.45, 2.75) is 256 Å². The van der Waals surface area contributed by atoms with Crippen LogP contribution in [0.1, 0.15) is 242 Å². The van der Waals surface area contributed by atoms with E-state index in [-0.39, 0.29) is 54.1 Å². The summed E-state index contributed by atoms with van der Waals surface area (Å²) in [6.07, 6.45) is 36.3. The molecule has 0 amide bonds. The molecular formula is C69H100O9. The van der Waals surface area contributed by atoms with Crippen LogP contribution in [0.3, 0.4) is 0 Å². The van der Waals surface area contributed by atoms with E-state index in [9.17, 15) is 9.59 Å². The fraction of sp³-hybridized carbons (Fsp3) is 0.739. The van der Waals surface area contributed by atoms with Crippen molar-refractivity contribution in [2.24, 2.45) is 35.5 Å². The lowest BCUT2D eigenvalue weighted by Gasteiger charge is -2.30. The van der Waals surface area contributed by atoms with E-state index in [1.54, 1.807) is 0 Å². The number of esters is 2. The molecule has 0 radical (unpaired) electrons. The molecule has 6 fully saturated rings. The van der Waals surface area contributed by atoms with E-state index in [2.05, 4.69) is 61.8 Å². The molecule has 0 bridgehead atoms. The van der Waals surface area contributed by atoms with Crippen molar-refractivity contribution in [3.05, 3.63) is 59.7 Å². The summed E-state index contributed by atoms with van der Waals surface area (Å²) >= 11 is 0. The molecular weight excluding hydrogens is 973 g/mol. The molecule has 1 saturated heterocycles. The van der Waals surface area contributed by atoms with E-state index >= 15 is 0 Å². The summed E-state index contributed by atoms with van der Waals surface area (Å²) in [5.41, 5.74) is 2.32. The third-order valence-corrected chi connectivity index (χ3v) is 18.7. The van der Waals surface area contributed by atoms with Gasteiger partial charge in [0, 0.05) is 38.3 Å². The Balaban J connectivity index is 0.847. The molecule has 8 rings (SSSR count). The Kier molecular flexibility index (Phi) is 26.3. The van der Waals surface area contributed by atoms with Gasteiger partial charge in [0.25, 0.3) is 0 Å². The number of ether oxygens (including phenoxy) is 7. The number of hydrogen-bond acceptors (Lipinski definition) is 9. The third kappa shape index (κ3) is 20.7. The SMILES string of the molecule is CCCC1CCC(CC(C#CC#CC(CC2CCC(CCC)CC2)c2ccc(OC(=O)C3CCC(OCCCOC4CCCCO4)CC3)cc2)c2ccc(OC(=O)C3CCC(OCCCOC4CCCCC4)CC3)cc2)CC1. The molecule has 2 aromatic rings. The fourth-order valence-corrected chi connectivity index (χ4v) is 13.8. The van der Waals surface area contributed by atoms with E-state index in [1.807, 2.05) is 24.3 Å². The van der Waals surface area contributed by atoms with Crippen LogP contribution in [0.5, 0.6) is 11.5 Å². The molecule has 6 aliphatic rings. The van der Waals surface area contributed by atoms with Gasteiger partial charge < -0.3 is 33.2 Å². The van der Waals surface area contributed by atoms with Crippen LogP contribution in [0.2, 0.25) is 0 Å². The predicted molar refractivity (Wildman–Crippen MR) is 310 cm³/mol. The average Bonchev–Trinajstić information content (AvgIpc) is 3.48. The van der Waals surface area contributed by atoms with Crippen LogP contribution in [0, 0.1) is 59.2 Å². The molecule has 78 heavy (non-hydrogen) atoms. The van der Waals surface area contributed by atoms with Crippen LogP contribution in [0.4, 0.5) is 0 Å². The van der Waals surface area contributed by atoms with Crippen molar-refractivity contribution in [3.63, 3.8) is 0 Å². The summed E-state index contributed by atoms with van der Waals surface area (Å²) < 4.78 is 42.1. The van der Waals surface area contributed by atoms with Crippen molar-refractivity contribution in [1.82, 2.24) is 0 Å². The van der Waals surface area contributed by atoms with E-state index in [0.29, 0.717) is 42.7 Å². The van der Waals surface area contributed by atoms with E-state index in [4.69, 9.17) is 33.2 Å². The van der Waals surface area contributed by atoms with Gasteiger partial charge in [-0.3, -0.25) is 9.59 Å². The summed E-state index contributed by atoms with van der Waals surface area (Å²) in [6, 6.07) is 16.4. The Morgan fingerprint density at radius 1 is 0.462 bits per heavy atom. The molecule has 9 heteroatoms. The summed E-state index contributed by atoms with van der Waals surface area (Å²) in [4.78, 5) is 26.8. The van der Waals surface area contributed by atoms with Crippen LogP contribution < -0.4 is 9.47 Å². The molecule has 0 aromatic heterocycles. The highest BCUT2D eigenvalue weighted by Crippen LogP contribution is 2.40. The molecule has 5 aliphatic carbocycles. The first-order chi connectivity index (χ1) is 38.4. The average molecular weight is 1070 g/mol. The summed E-state index contributed by atoms with van der Waals surface area (Å²) in [6.45, 7) is 8.24. The smallest absolute Gasteiger partial charge is 0.314 e. The van der Waals surface area contributed by atoms with Crippen LogP contribution >= 0.6 is 0 Å². The number of benzene rings is 2.